The van der Waals surface area contributed by atoms with Crippen molar-refractivity contribution >= 4 is 23.1 Å². The van der Waals surface area contributed by atoms with Crippen LogP contribution in [0, 0.1) is 5.92 Å². The van der Waals surface area contributed by atoms with Gasteiger partial charge in [-0.25, -0.2) is 0 Å². The lowest BCUT2D eigenvalue weighted by Crippen LogP contribution is -2.32. The van der Waals surface area contributed by atoms with Gasteiger partial charge in [-0.2, -0.15) is 23.1 Å². The molecule has 1 N–H and O–H groups in total. The lowest BCUT2D eigenvalue weighted by Gasteiger charge is -2.16. The van der Waals surface area contributed by atoms with Gasteiger partial charge in [-0.05, 0) is 41.1 Å². The van der Waals surface area contributed by atoms with Crippen LogP contribution < -0.4 is 5.32 Å². The van der Waals surface area contributed by atoms with Crippen LogP contribution in [0.25, 0.3) is 0 Å². The minimum absolute atomic E-state index is 0.793. The van der Waals surface area contributed by atoms with Crippen LogP contribution in [-0.2, 0) is 5.75 Å². The zero-order chi connectivity index (χ0) is 11.2. The van der Waals surface area contributed by atoms with Gasteiger partial charge in [0.05, 0.1) is 0 Å². The van der Waals surface area contributed by atoms with Gasteiger partial charge >= 0.3 is 0 Å². The van der Waals surface area contributed by atoms with E-state index >= 15 is 0 Å². The smallest absolute Gasteiger partial charge is 0.0193 e. The van der Waals surface area contributed by atoms with Crippen molar-refractivity contribution in [3.05, 3.63) is 22.4 Å². The molecule has 1 aromatic rings. The third-order valence-electron chi connectivity index (χ3n) is 3.36. The van der Waals surface area contributed by atoms with Crippen molar-refractivity contribution in [1.29, 1.82) is 0 Å². The van der Waals surface area contributed by atoms with E-state index in [1.165, 1.54) is 42.9 Å². The van der Waals surface area contributed by atoms with E-state index in [0.29, 0.717) is 0 Å². The second-order valence-electron chi connectivity index (χ2n) is 4.65. The van der Waals surface area contributed by atoms with Crippen molar-refractivity contribution in [2.45, 2.75) is 38.0 Å². The average molecular weight is 255 g/mol. The van der Waals surface area contributed by atoms with E-state index in [-0.39, 0.29) is 0 Å². The largest absolute Gasteiger partial charge is 0.313 e. The maximum absolute atomic E-state index is 3.69. The molecule has 0 saturated heterocycles. The zero-order valence-electron chi connectivity index (χ0n) is 9.95. The number of hydrogen-bond acceptors (Lipinski definition) is 3. The average Bonchev–Trinajstić information content (AvgIpc) is 2.90. The highest BCUT2D eigenvalue weighted by Crippen LogP contribution is 2.24. The summed E-state index contributed by atoms with van der Waals surface area (Å²) in [6.07, 6.45) is 4.22. The van der Waals surface area contributed by atoms with Crippen LogP contribution >= 0.6 is 23.1 Å². The molecule has 1 heterocycles. The second-order valence-corrected chi connectivity index (χ2v) is 6.54. The van der Waals surface area contributed by atoms with E-state index < -0.39 is 0 Å². The molecule has 2 rings (SSSR count). The zero-order valence-corrected chi connectivity index (χ0v) is 11.6. The first-order valence-electron chi connectivity index (χ1n) is 6.18. The summed E-state index contributed by atoms with van der Waals surface area (Å²) in [7, 11) is 0. The number of thioether (sulfide) groups is 1. The Balaban J connectivity index is 1.52. The van der Waals surface area contributed by atoms with Gasteiger partial charge in [-0.1, -0.05) is 13.3 Å². The molecule has 16 heavy (non-hydrogen) atoms. The molecule has 0 radical (unpaired) electrons. The summed E-state index contributed by atoms with van der Waals surface area (Å²) < 4.78 is 0. The van der Waals surface area contributed by atoms with Crippen LogP contribution in [0.1, 0.15) is 31.7 Å². The van der Waals surface area contributed by atoms with Gasteiger partial charge in [-0.15, -0.1) is 0 Å². The standard InChI is InChI=1S/C13H21NS2/c1-11-3-2-4-13(11)14-6-8-16-10-12-5-7-15-9-12/h5,7,9,11,13-14H,2-4,6,8,10H2,1H3. The first-order chi connectivity index (χ1) is 7.86. The first kappa shape index (κ1) is 12.5. The highest BCUT2D eigenvalue weighted by molar-refractivity contribution is 7.98. The fourth-order valence-corrected chi connectivity index (χ4v) is 3.93. The molecule has 0 aromatic carbocycles. The van der Waals surface area contributed by atoms with Gasteiger partial charge in [0.2, 0.25) is 0 Å². The topological polar surface area (TPSA) is 12.0 Å². The number of thiophene rings is 1. The Labute approximate surface area is 107 Å². The van der Waals surface area contributed by atoms with Crippen LogP contribution in [0.3, 0.4) is 0 Å². The van der Waals surface area contributed by atoms with Crippen LogP contribution in [0.15, 0.2) is 16.8 Å². The van der Waals surface area contributed by atoms with Crippen molar-refractivity contribution in [1.82, 2.24) is 5.32 Å². The summed E-state index contributed by atoms with van der Waals surface area (Å²) >= 11 is 3.83. The highest BCUT2D eigenvalue weighted by Gasteiger charge is 2.21. The predicted molar refractivity (Wildman–Crippen MR) is 75.3 cm³/mol. The molecular weight excluding hydrogens is 234 g/mol. The summed E-state index contributed by atoms with van der Waals surface area (Å²) in [5.74, 6) is 3.30. The Bertz CT molecular complexity index is 284. The van der Waals surface area contributed by atoms with Gasteiger partial charge in [0.25, 0.3) is 0 Å². The first-order valence-corrected chi connectivity index (χ1v) is 8.28. The lowest BCUT2D eigenvalue weighted by molar-refractivity contribution is 0.438. The van der Waals surface area contributed by atoms with E-state index in [1.807, 2.05) is 11.8 Å². The molecule has 2 atom stereocenters. The van der Waals surface area contributed by atoms with E-state index in [1.54, 1.807) is 11.3 Å². The third-order valence-corrected chi connectivity index (χ3v) is 5.13. The molecule has 1 aliphatic carbocycles. The molecule has 1 aliphatic rings. The normalized spacial score (nSPS) is 25.1. The van der Waals surface area contributed by atoms with Crippen LogP contribution in [0.5, 0.6) is 0 Å². The second kappa shape index (κ2) is 6.67. The van der Waals surface area contributed by atoms with Crippen molar-refractivity contribution in [2.75, 3.05) is 12.3 Å². The Kier molecular flexibility index (Phi) is 5.20. The summed E-state index contributed by atoms with van der Waals surface area (Å²) in [6, 6.07) is 3.02. The summed E-state index contributed by atoms with van der Waals surface area (Å²) in [6.45, 7) is 3.55. The Morgan fingerprint density at radius 1 is 1.50 bits per heavy atom. The molecule has 1 aromatic heterocycles. The minimum atomic E-state index is 0.793. The van der Waals surface area contributed by atoms with Crippen molar-refractivity contribution < 1.29 is 0 Å². The lowest BCUT2D eigenvalue weighted by atomic mass is 10.1. The van der Waals surface area contributed by atoms with Crippen LogP contribution in [0.4, 0.5) is 0 Å². The maximum Gasteiger partial charge on any atom is 0.0193 e. The summed E-state index contributed by atoms with van der Waals surface area (Å²) in [5, 5.41) is 8.10. The minimum Gasteiger partial charge on any atom is -0.313 e. The van der Waals surface area contributed by atoms with Crippen molar-refractivity contribution in [3.8, 4) is 0 Å². The fourth-order valence-electron chi connectivity index (χ4n) is 2.33. The van der Waals surface area contributed by atoms with Gasteiger partial charge in [0, 0.05) is 24.1 Å². The molecule has 0 bridgehead atoms. The van der Waals surface area contributed by atoms with Crippen LogP contribution in [-0.4, -0.2) is 18.3 Å². The molecule has 0 aliphatic heterocycles. The highest BCUT2D eigenvalue weighted by atomic mass is 32.2. The SMILES string of the molecule is CC1CCCC1NCCSCc1ccsc1. The van der Waals surface area contributed by atoms with E-state index in [9.17, 15) is 0 Å². The maximum atomic E-state index is 3.69. The third kappa shape index (κ3) is 3.79. The molecule has 2 unspecified atom stereocenters. The Hall–Kier alpha value is 0.01000. The number of rotatable bonds is 6. The molecule has 90 valence electrons. The number of nitrogens with one attached hydrogen (secondary N) is 1. The van der Waals surface area contributed by atoms with E-state index in [0.717, 1.165) is 12.0 Å². The Morgan fingerprint density at radius 2 is 2.44 bits per heavy atom. The van der Waals surface area contributed by atoms with Gasteiger partial charge in [-0.3, -0.25) is 0 Å². The van der Waals surface area contributed by atoms with E-state index in [4.69, 9.17) is 0 Å². The molecule has 0 amide bonds. The quantitative estimate of drug-likeness (QED) is 0.777. The molecule has 1 fully saturated rings. The number of hydrogen-bond donors (Lipinski definition) is 1. The summed E-state index contributed by atoms with van der Waals surface area (Å²) in [5.41, 5.74) is 1.48. The monoisotopic (exact) mass is 255 g/mol. The fraction of sp³-hybridized carbons (Fsp3) is 0.692. The summed E-state index contributed by atoms with van der Waals surface area (Å²) in [4.78, 5) is 0. The van der Waals surface area contributed by atoms with Crippen molar-refractivity contribution in [2.24, 2.45) is 5.92 Å². The molecule has 1 saturated carbocycles. The van der Waals surface area contributed by atoms with Gasteiger partial charge in [0.1, 0.15) is 0 Å². The van der Waals surface area contributed by atoms with Crippen LogP contribution in [0.2, 0.25) is 0 Å². The predicted octanol–water partition coefficient (Wildman–Crippen LogP) is 3.76. The van der Waals surface area contributed by atoms with E-state index in [2.05, 4.69) is 29.1 Å². The molecule has 3 heteroatoms. The molecule has 0 spiro atoms. The Morgan fingerprint density at radius 3 is 3.12 bits per heavy atom. The van der Waals surface area contributed by atoms with Gasteiger partial charge < -0.3 is 5.32 Å². The molecule has 1 nitrogen and oxygen atoms in total. The molecular formula is C13H21NS2. The van der Waals surface area contributed by atoms with Gasteiger partial charge in [0.15, 0.2) is 0 Å². The van der Waals surface area contributed by atoms with Crippen molar-refractivity contribution in [3.63, 3.8) is 0 Å².